The molecule has 1 aliphatic heterocycles. The zero-order valence-corrected chi connectivity index (χ0v) is 12.0. The molecule has 2 N–H and O–H groups in total. The van der Waals surface area contributed by atoms with Crippen LogP contribution in [0.4, 0.5) is 13.2 Å². The first-order chi connectivity index (χ1) is 9.90. The van der Waals surface area contributed by atoms with Crippen LogP contribution in [0.15, 0.2) is 17.0 Å². The van der Waals surface area contributed by atoms with E-state index in [0.29, 0.717) is 12.6 Å². The Morgan fingerprint density at radius 1 is 1.10 bits per heavy atom. The minimum absolute atomic E-state index is 0.0702. The van der Waals surface area contributed by atoms with E-state index in [9.17, 15) is 21.6 Å². The van der Waals surface area contributed by atoms with Gasteiger partial charge in [0.25, 0.3) is 0 Å². The predicted molar refractivity (Wildman–Crippen MR) is 70.8 cm³/mol. The summed E-state index contributed by atoms with van der Waals surface area (Å²) in [5.74, 6) is -4.14. The molecule has 0 aromatic heterocycles. The maximum absolute atomic E-state index is 13.5. The summed E-state index contributed by atoms with van der Waals surface area (Å²) in [7, 11) is -4.20. The number of rotatable bonds is 5. The number of piperazine rings is 1. The molecule has 1 aromatic carbocycles. The first-order valence-electron chi connectivity index (χ1n) is 6.47. The number of nitrogens with one attached hydrogen (secondary N) is 2. The molecule has 21 heavy (non-hydrogen) atoms. The molecule has 0 spiro atoms. The fraction of sp³-hybridized carbons (Fsp3) is 0.500. The number of benzene rings is 1. The first kappa shape index (κ1) is 16.2. The quantitative estimate of drug-likeness (QED) is 0.765. The Balaban J connectivity index is 1.99. The Kier molecular flexibility index (Phi) is 5.20. The van der Waals surface area contributed by atoms with Crippen LogP contribution in [0, 0.1) is 17.5 Å². The van der Waals surface area contributed by atoms with Gasteiger partial charge in [0.15, 0.2) is 11.6 Å². The number of sulfonamides is 1. The maximum atomic E-state index is 13.5. The summed E-state index contributed by atoms with van der Waals surface area (Å²) in [4.78, 5) is 1.15. The molecule has 9 heteroatoms. The van der Waals surface area contributed by atoms with Crippen LogP contribution in [-0.4, -0.2) is 52.6 Å². The van der Waals surface area contributed by atoms with Crippen LogP contribution in [0.5, 0.6) is 0 Å². The van der Waals surface area contributed by atoms with Gasteiger partial charge in [0.2, 0.25) is 10.0 Å². The van der Waals surface area contributed by atoms with Gasteiger partial charge in [-0.3, -0.25) is 4.90 Å². The molecule has 5 nitrogen and oxygen atoms in total. The molecule has 1 fully saturated rings. The molecule has 0 radical (unpaired) electrons. The van der Waals surface area contributed by atoms with E-state index in [1.807, 2.05) is 4.90 Å². The van der Waals surface area contributed by atoms with Crippen LogP contribution in [0.3, 0.4) is 0 Å². The number of nitrogens with zero attached hydrogens (tertiary/aromatic N) is 1. The van der Waals surface area contributed by atoms with E-state index in [1.165, 1.54) is 0 Å². The molecule has 1 aromatic rings. The van der Waals surface area contributed by atoms with Gasteiger partial charge in [-0.05, 0) is 6.07 Å². The normalized spacial score (nSPS) is 17.1. The molecule has 2 rings (SSSR count). The molecule has 1 heterocycles. The van der Waals surface area contributed by atoms with Crippen molar-refractivity contribution in [3.05, 3.63) is 29.6 Å². The summed E-state index contributed by atoms with van der Waals surface area (Å²) in [6, 6.07) is 0.567. The summed E-state index contributed by atoms with van der Waals surface area (Å²) < 4.78 is 65.3. The molecular formula is C12H16F3N3O2S. The Labute approximate surface area is 121 Å². The van der Waals surface area contributed by atoms with Crippen LogP contribution >= 0.6 is 0 Å². The van der Waals surface area contributed by atoms with E-state index in [0.717, 1.165) is 26.2 Å². The highest BCUT2D eigenvalue weighted by Crippen LogP contribution is 2.18. The van der Waals surface area contributed by atoms with E-state index in [1.54, 1.807) is 0 Å². The largest absolute Gasteiger partial charge is 0.314 e. The van der Waals surface area contributed by atoms with Gasteiger partial charge in [0.05, 0.1) is 0 Å². The third-order valence-electron chi connectivity index (χ3n) is 3.19. The summed E-state index contributed by atoms with van der Waals surface area (Å²) >= 11 is 0. The zero-order chi connectivity index (χ0) is 15.5. The Hall–Kier alpha value is -1.16. The van der Waals surface area contributed by atoms with E-state index < -0.39 is 32.4 Å². The molecule has 0 saturated carbocycles. The Morgan fingerprint density at radius 2 is 1.71 bits per heavy atom. The second-order valence-corrected chi connectivity index (χ2v) is 6.42. The zero-order valence-electron chi connectivity index (χ0n) is 11.2. The second kappa shape index (κ2) is 6.73. The van der Waals surface area contributed by atoms with Crippen molar-refractivity contribution in [1.82, 2.24) is 14.9 Å². The number of hydrogen-bond donors (Lipinski definition) is 2. The van der Waals surface area contributed by atoms with Gasteiger partial charge in [-0.1, -0.05) is 0 Å². The van der Waals surface area contributed by atoms with Gasteiger partial charge in [-0.25, -0.2) is 26.3 Å². The highest BCUT2D eigenvalue weighted by Gasteiger charge is 2.22. The van der Waals surface area contributed by atoms with Gasteiger partial charge in [0.1, 0.15) is 10.7 Å². The molecule has 0 unspecified atom stereocenters. The van der Waals surface area contributed by atoms with Crippen LogP contribution in [0.2, 0.25) is 0 Å². The van der Waals surface area contributed by atoms with Crippen molar-refractivity contribution in [3.8, 4) is 0 Å². The van der Waals surface area contributed by atoms with Crippen molar-refractivity contribution in [1.29, 1.82) is 0 Å². The summed E-state index contributed by atoms with van der Waals surface area (Å²) in [6.45, 7) is 3.77. The fourth-order valence-electron chi connectivity index (χ4n) is 2.06. The van der Waals surface area contributed by atoms with Crippen LogP contribution in [0.25, 0.3) is 0 Å². The highest BCUT2D eigenvalue weighted by molar-refractivity contribution is 7.89. The molecule has 0 bridgehead atoms. The summed E-state index contributed by atoms with van der Waals surface area (Å²) in [5.41, 5.74) is 0. The average molecular weight is 323 g/mol. The van der Waals surface area contributed by atoms with E-state index in [-0.39, 0.29) is 12.6 Å². The lowest BCUT2D eigenvalue weighted by Crippen LogP contribution is -2.46. The van der Waals surface area contributed by atoms with Gasteiger partial charge >= 0.3 is 0 Å². The summed E-state index contributed by atoms with van der Waals surface area (Å²) in [6.07, 6.45) is 0. The van der Waals surface area contributed by atoms with Gasteiger partial charge in [-0.15, -0.1) is 0 Å². The topological polar surface area (TPSA) is 61.4 Å². The third-order valence-corrected chi connectivity index (χ3v) is 4.67. The standard InChI is InChI=1S/C12H16F3N3O2S/c13-9-7-11(15)12(8-10(9)14)21(19,20)17-3-6-18-4-1-16-2-5-18/h7-8,16-17H,1-6H2. The molecule has 0 atom stereocenters. The van der Waals surface area contributed by atoms with Gasteiger partial charge in [0, 0.05) is 45.3 Å². The van der Waals surface area contributed by atoms with Crippen molar-refractivity contribution >= 4 is 10.0 Å². The van der Waals surface area contributed by atoms with Crippen LogP contribution in [-0.2, 0) is 10.0 Å². The predicted octanol–water partition coefficient (Wildman–Crippen LogP) is 0.287. The Bertz CT molecular complexity index is 604. The number of halogens is 3. The fourth-order valence-corrected chi connectivity index (χ4v) is 3.15. The summed E-state index contributed by atoms with van der Waals surface area (Å²) in [5, 5.41) is 3.16. The van der Waals surface area contributed by atoms with Crippen molar-refractivity contribution < 1.29 is 21.6 Å². The molecule has 1 saturated heterocycles. The molecule has 1 aliphatic rings. The smallest absolute Gasteiger partial charge is 0.243 e. The van der Waals surface area contributed by atoms with Crippen molar-refractivity contribution in [2.45, 2.75) is 4.90 Å². The highest BCUT2D eigenvalue weighted by atomic mass is 32.2. The third kappa shape index (κ3) is 4.16. The monoisotopic (exact) mass is 323 g/mol. The van der Waals surface area contributed by atoms with E-state index in [4.69, 9.17) is 0 Å². The van der Waals surface area contributed by atoms with Crippen LogP contribution in [0.1, 0.15) is 0 Å². The molecule has 0 amide bonds. The minimum Gasteiger partial charge on any atom is -0.314 e. The van der Waals surface area contributed by atoms with Gasteiger partial charge in [-0.2, -0.15) is 0 Å². The van der Waals surface area contributed by atoms with Gasteiger partial charge < -0.3 is 5.32 Å². The maximum Gasteiger partial charge on any atom is 0.243 e. The first-order valence-corrected chi connectivity index (χ1v) is 7.96. The van der Waals surface area contributed by atoms with Crippen LogP contribution < -0.4 is 10.0 Å². The molecular weight excluding hydrogens is 307 g/mol. The second-order valence-electron chi connectivity index (χ2n) is 4.69. The SMILES string of the molecule is O=S(=O)(NCCN1CCNCC1)c1cc(F)c(F)cc1F. The minimum atomic E-state index is -4.20. The molecule has 118 valence electrons. The van der Waals surface area contributed by atoms with Crippen molar-refractivity contribution in [3.63, 3.8) is 0 Å². The molecule has 0 aliphatic carbocycles. The lowest BCUT2D eigenvalue weighted by atomic mass is 10.3. The lowest BCUT2D eigenvalue weighted by molar-refractivity contribution is 0.245. The van der Waals surface area contributed by atoms with Crippen molar-refractivity contribution in [2.24, 2.45) is 0 Å². The van der Waals surface area contributed by atoms with Crippen molar-refractivity contribution in [2.75, 3.05) is 39.3 Å². The van der Waals surface area contributed by atoms with E-state index >= 15 is 0 Å². The van der Waals surface area contributed by atoms with E-state index in [2.05, 4.69) is 10.0 Å². The number of hydrogen-bond acceptors (Lipinski definition) is 4. The average Bonchev–Trinajstić information content (AvgIpc) is 2.43. The Morgan fingerprint density at radius 3 is 2.38 bits per heavy atom. The lowest BCUT2D eigenvalue weighted by Gasteiger charge is -2.27.